The number of amides is 4. The largest absolute Gasteiger partial charge is 0.335 e. The number of anilines is 1. The van der Waals surface area contributed by atoms with Crippen molar-refractivity contribution in [2.45, 2.75) is 45.4 Å². The summed E-state index contributed by atoms with van der Waals surface area (Å²) in [6.07, 6.45) is 5.74. The van der Waals surface area contributed by atoms with Crippen molar-refractivity contribution in [1.29, 1.82) is 0 Å². The highest BCUT2D eigenvalue weighted by Crippen LogP contribution is 2.23. The van der Waals surface area contributed by atoms with Crippen molar-refractivity contribution in [1.82, 2.24) is 5.32 Å². The van der Waals surface area contributed by atoms with Gasteiger partial charge in [-0.25, -0.2) is 9.69 Å². The van der Waals surface area contributed by atoms with Gasteiger partial charge in [-0.05, 0) is 18.6 Å². The minimum absolute atomic E-state index is 0.421. The van der Waals surface area contributed by atoms with E-state index in [4.69, 9.17) is 0 Å². The van der Waals surface area contributed by atoms with Crippen LogP contribution in [0.15, 0.2) is 30.3 Å². The molecule has 1 aliphatic rings. The molecule has 1 N–H and O–H groups in total. The standard InChI is InChI=1S/C17H22N2O3/c1-2-3-4-5-9-12-14-15(20)18-17(22)19(16(14)21)13-10-7-6-8-11-13/h6-8,10-11,14H,2-5,9,12H2,1H3,(H,18,20,22). The van der Waals surface area contributed by atoms with Gasteiger partial charge in [-0.1, -0.05) is 57.2 Å². The zero-order chi connectivity index (χ0) is 15.9. The molecule has 5 heteroatoms. The van der Waals surface area contributed by atoms with Crippen molar-refractivity contribution < 1.29 is 14.4 Å². The molecule has 1 heterocycles. The molecule has 1 aromatic rings. The Kier molecular flexibility index (Phi) is 5.69. The number of para-hydroxylation sites is 1. The fourth-order valence-corrected chi connectivity index (χ4v) is 2.64. The van der Waals surface area contributed by atoms with E-state index in [1.54, 1.807) is 24.3 Å². The minimum atomic E-state index is -0.764. The summed E-state index contributed by atoms with van der Waals surface area (Å²) in [5.41, 5.74) is 0.494. The Labute approximate surface area is 130 Å². The molecule has 1 aliphatic heterocycles. The monoisotopic (exact) mass is 302 g/mol. The van der Waals surface area contributed by atoms with Crippen LogP contribution < -0.4 is 10.2 Å². The lowest BCUT2D eigenvalue weighted by Gasteiger charge is -2.30. The molecule has 0 bridgehead atoms. The number of nitrogens with one attached hydrogen (secondary N) is 1. The van der Waals surface area contributed by atoms with Crippen molar-refractivity contribution in [3.05, 3.63) is 30.3 Å². The second-order valence-corrected chi connectivity index (χ2v) is 5.56. The van der Waals surface area contributed by atoms with E-state index >= 15 is 0 Å². The lowest BCUT2D eigenvalue weighted by atomic mass is 9.96. The van der Waals surface area contributed by atoms with Gasteiger partial charge >= 0.3 is 6.03 Å². The topological polar surface area (TPSA) is 66.5 Å². The first-order valence-corrected chi connectivity index (χ1v) is 7.89. The third-order valence-corrected chi connectivity index (χ3v) is 3.88. The van der Waals surface area contributed by atoms with E-state index in [-0.39, 0.29) is 0 Å². The number of nitrogens with zero attached hydrogens (tertiary/aromatic N) is 1. The van der Waals surface area contributed by atoms with Crippen molar-refractivity contribution in [2.24, 2.45) is 5.92 Å². The van der Waals surface area contributed by atoms with Crippen molar-refractivity contribution >= 4 is 23.5 Å². The average Bonchev–Trinajstić information content (AvgIpc) is 2.50. The van der Waals surface area contributed by atoms with Crippen LogP contribution in [-0.2, 0) is 9.59 Å². The van der Waals surface area contributed by atoms with Crippen LogP contribution in [0, 0.1) is 5.92 Å². The fourth-order valence-electron chi connectivity index (χ4n) is 2.64. The molecule has 1 aromatic carbocycles. The lowest BCUT2D eigenvalue weighted by Crippen LogP contribution is -2.58. The van der Waals surface area contributed by atoms with E-state index < -0.39 is 23.8 Å². The van der Waals surface area contributed by atoms with Crippen molar-refractivity contribution in [2.75, 3.05) is 4.90 Å². The molecule has 0 radical (unpaired) electrons. The van der Waals surface area contributed by atoms with Crippen LogP contribution in [0.1, 0.15) is 45.4 Å². The molecular weight excluding hydrogens is 280 g/mol. The molecule has 1 atom stereocenters. The number of rotatable bonds is 7. The Morgan fingerprint density at radius 1 is 1.00 bits per heavy atom. The number of hydrogen-bond acceptors (Lipinski definition) is 3. The number of barbiturate groups is 1. The van der Waals surface area contributed by atoms with Gasteiger partial charge in [0.05, 0.1) is 5.69 Å². The predicted octanol–water partition coefficient (Wildman–Crippen LogP) is 3.25. The number of hydrogen-bond donors (Lipinski definition) is 1. The SMILES string of the molecule is CCCCCCCC1C(=O)NC(=O)N(c2ccccc2)C1=O. The van der Waals surface area contributed by atoms with E-state index in [0.717, 1.165) is 30.6 Å². The normalized spacial score (nSPS) is 18.5. The molecule has 1 fully saturated rings. The Hall–Kier alpha value is -2.17. The second-order valence-electron chi connectivity index (χ2n) is 5.56. The van der Waals surface area contributed by atoms with Gasteiger partial charge < -0.3 is 0 Å². The summed E-state index contributed by atoms with van der Waals surface area (Å²) in [6.45, 7) is 2.14. The number of carbonyl (C=O) groups is 3. The number of benzene rings is 1. The zero-order valence-electron chi connectivity index (χ0n) is 12.9. The first kappa shape index (κ1) is 16.2. The Morgan fingerprint density at radius 3 is 2.36 bits per heavy atom. The quantitative estimate of drug-likeness (QED) is 0.621. The molecule has 4 amide bonds. The van der Waals surface area contributed by atoms with Gasteiger partial charge in [0.1, 0.15) is 5.92 Å². The second kappa shape index (κ2) is 7.73. The number of carbonyl (C=O) groups excluding carboxylic acids is 3. The van der Waals surface area contributed by atoms with Gasteiger partial charge in [-0.3, -0.25) is 14.9 Å². The molecule has 22 heavy (non-hydrogen) atoms. The van der Waals surface area contributed by atoms with Crippen LogP contribution >= 0.6 is 0 Å². The lowest BCUT2D eigenvalue weighted by molar-refractivity contribution is -0.134. The number of urea groups is 1. The van der Waals surface area contributed by atoms with Gasteiger partial charge in [0.25, 0.3) is 0 Å². The summed E-state index contributed by atoms with van der Waals surface area (Å²) in [6, 6.07) is 8.03. The van der Waals surface area contributed by atoms with Crippen molar-refractivity contribution in [3.63, 3.8) is 0 Å². The first-order chi connectivity index (χ1) is 10.6. The molecule has 5 nitrogen and oxygen atoms in total. The molecule has 1 saturated heterocycles. The minimum Gasteiger partial charge on any atom is -0.277 e. The van der Waals surface area contributed by atoms with Crippen molar-refractivity contribution in [3.8, 4) is 0 Å². The summed E-state index contributed by atoms with van der Waals surface area (Å²) >= 11 is 0. The molecular formula is C17H22N2O3. The van der Waals surface area contributed by atoms with Gasteiger partial charge in [0.2, 0.25) is 11.8 Å². The van der Waals surface area contributed by atoms with E-state index in [1.165, 1.54) is 6.42 Å². The highest BCUT2D eigenvalue weighted by atomic mass is 16.2. The van der Waals surface area contributed by atoms with E-state index in [2.05, 4.69) is 12.2 Å². The van der Waals surface area contributed by atoms with Gasteiger partial charge in [-0.15, -0.1) is 0 Å². The average molecular weight is 302 g/mol. The summed E-state index contributed by atoms with van der Waals surface area (Å²) in [4.78, 5) is 37.5. The van der Waals surface area contributed by atoms with Crippen LogP contribution in [0.4, 0.5) is 10.5 Å². The van der Waals surface area contributed by atoms with Gasteiger partial charge in [-0.2, -0.15) is 0 Å². The predicted molar refractivity (Wildman–Crippen MR) is 84.3 cm³/mol. The summed E-state index contributed by atoms with van der Waals surface area (Å²) in [5.74, 6) is -1.66. The Morgan fingerprint density at radius 2 is 1.68 bits per heavy atom. The van der Waals surface area contributed by atoms with Gasteiger partial charge in [0.15, 0.2) is 0 Å². The van der Waals surface area contributed by atoms with E-state index in [0.29, 0.717) is 12.1 Å². The zero-order valence-corrected chi connectivity index (χ0v) is 12.9. The fraction of sp³-hybridized carbons (Fsp3) is 0.471. The maximum atomic E-state index is 12.5. The number of imide groups is 2. The smallest absolute Gasteiger partial charge is 0.277 e. The summed E-state index contributed by atoms with van der Waals surface area (Å²) in [7, 11) is 0. The Balaban J connectivity index is 2.03. The van der Waals surface area contributed by atoms with Gasteiger partial charge in [0, 0.05) is 0 Å². The van der Waals surface area contributed by atoms with Crippen LogP contribution in [-0.4, -0.2) is 17.8 Å². The molecule has 0 spiro atoms. The molecule has 0 saturated carbocycles. The molecule has 0 aliphatic carbocycles. The maximum Gasteiger partial charge on any atom is 0.335 e. The molecule has 2 rings (SSSR count). The molecule has 118 valence electrons. The van der Waals surface area contributed by atoms with Crippen LogP contribution in [0.2, 0.25) is 0 Å². The first-order valence-electron chi connectivity index (χ1n) is 7.89. The van der Waals surface area contributed by atoms with Crippen LogP contribution in [0.5, 0.6) is 0 Å². The Bertz CT molecular complexity index is 542. The summed E-state index contributed by atoms with van der Waals surface area (Å²) < 4.78 is 0. The highest BCUT2D eigenvalue weighted by Gasteiger charge is 2.40. The van der Waals surface area contributed by atoms with Crippen LogP contribution in [0.25, 0.3) is 0 Å². The third kappa shape index (κ3) is 3.72. The molecule has 0 aromatic heterocycles. The van der Waals surface area contributed by atoms with E-state index in [9.17, 15) is 14.4 Å². The third-order valence-electron chi connectivity index (χ3n) is 3.88. The molecule has 1 unspecified atom stereocenters. The highest BCUT2D eigenvalue weighted by molar-refractivity contribution is 6.27. The number of unbranched alkanes of at least 4 members (excludes halogenated alkanes) is 4. The summed E-state index contributed by atoms with van der Waals surface area (Å²) in [5, 5.41) is 2.29. The van der Waals surface area contributed by atoms with Crippen LogP contribution in [0.3, 0.4) is 0 Å². The maximum absolute atomic E-state index is 12.5. The van der Waals surface area contributed by atoms with E-state index in [1.807, 2.05) is 6.07 Å².